The van der Waals surface area contributed by atoms with Crippen LogP contribution in [0.5, 0.6) is 0 Å². The highest BCUT2D eigenvalue weighted by atomic mass is 35.5. The average Bonchev–Trinajstić information content (AvgIpc) is 3.07. The highest BCUT2D eigenvalue weighted by Crippen LogP contribution is 2.35. The van der Waals surface area contributed by atoms with Crippen molar-refractivity contribution in [1.82, 2.24) is 15.0 Å². The van der Waals surface area contributed by atoms with E-state index < -0.39 is 0 Å². The van der Waals surface area contributed by atoms with Crippen LogP contribution >= 0.6 is 34.3 Å². The second-order valence-corrected chi connectivity index (χ2v) is 6.89. The largest absolute Gasteiger partial charge is 0.330 e. The van der Waals surface area contributed by atoms with Gasteiger partial charge in [0.1, 0.15) is 5.15 Å². The molecule has 23 heavy (non-hydrogen) atoms. The Morgan fingerprint density at radius 3 is 2.78 bits per heavy atom. The number of hydrogen-bond donors (Lipinski definition) is 2. The molecule has 0 radical (unpaired) electrons. The molecule has 0 saturated carbocycles. The van der Waals surface area contributed by atoms with E-state index in [0.29, 0.717) is 10.3 Å². The third-order valence-electron chi connectivity index (χ3n) is 2.80. The molecule has 3 heterocycles. The summed E-state index contributed by atoms with van der Waals surface area (Å²) in [6.07, 6.45) is 1.65. The van der Waals surface area contributed by atoms with Crippen LogP contribution in [-0.2, 0) is 4.79 Å². The molecule has 6 nitrogen and oxygen atoms in total. The summed E-state index contributed by atoms with van der Waals surface area (Å²) in [6.45, 7) is 3.36. The van der Waals surface area contributed by atoms with Gasteiger partial charge in [-0.2, -0.15) is 0 Å². The molecule has 118 valence electrons. The van der Waals surface area contributed by atoms with Crippen molar-refractivity contribution in [2.24, 2.45) is 0 Å². The number of aryl methyl sites for hydroxylation is 1. The summed E-state index contributed by atoms with van der Waals surface area (Å²) < 4.78 is 0. The number of nitrogens with one attached hydrogen (secondary N) is 2. The van der Waals surface area contributed by atoms with Crippen LogP contribution < -0.4 is 10.6 Å². The maximum Gasteiger partial charge on any atom is 0.223 e. The lowest BCUT2D eigenvalue weighted by Crippen LogP contribution is -2.04. The minimum Gasteiger partial charge on any atom is -0.330 e. The molecular formula is C14H12ClN5OS2. The Bertz CT molecular complexity index is 843. The van der Waals surface area contributed by atoms with Gasteiger partial charge in [0, 0.05) is 12.3 Å². The van der Waals surface area contributed by atoms with Crippen LogP contribution in [0.4, 0.5) is 16.0 Å². The van der Waals surface area contributed by atoms with E-state index in [-0.39, 0.29) is 5.91 Å². The lowest BCUT2D eigenvalue weighted by atomic mass is 10.3. The summed E-state index contributed by atoms with van der Waals surface area (Å²) in [7, 11) is 0. The van der Waals surface area contributed by atoms with E-state index in [1.807, 2.05) is 18.4 Å². The minimum absolute atomic E-state index is 0.138. The Kier molecular flexibility index (Phi) is 4.56. The Hall–Kier alpha value is -2.03. The number of carbonyl (C=O) groups is 1. The molecule has 2 N–H and O–H groups in total. The zero-order valence-corrected chi connectivity index (χ0v) is 14.6. The Morgan fingerprint density at radius 1 is 1.26 bits per heavy atom. The van der Waals surface area contributed by atoms with Gasteiger partial charge in [0.05, 0.1) is 28.1 Å². The maximum absolute atomic E-state index is 11.1. The lowest BCUT2D eigenvalue weighted by molar-refractivity contribution is -0.114. The van der Waals surface area contributed by atoms with E-state index in [2.05, 4.69) is 25.6 Å². The summed E-state index contributed by atoms with van der Waals surface area (Å²) >= 11 is 8.66. The third kappa shape index (κ3) is 3.84. The van der Waals surface area contributed by atoms with Crippen LogP contribution in [0.15, 0.2) is 23.7 Å². The standard InChI is InChI=1S/C14H12ClN5OS2/c1-7-12(23-14(17-7)18-8(2)21)10-6-22-13(20-10)19-9-3-4-11(15)16-5-9/h3-6H,1-2H3,(H,19,20)(H,17,18,21). The van der Waals surface area contributed by atoms with Crippen molar-refractivity contribution in [2.45, 2.75) is 13.8 Å². The second-order valence-electron chi connectivity index (χ2n) is 4.65. The van der Waals surface area contributed by atoms with Crippen LogP contribution in [0.3, 0.4) is 0 Å². The van der Waals surface area contributed by atoms with Gasteiger partial charge in [-0.05, 0) is 19.1 Å². The molecule has 0 bridgehead atoms. The van der Waals surface area contributed by atoms with Crippen molar-refractivity contribution in [3.05, 3.63) is 34.6 Å². The molecular weight excluding hydrogens is 354 g/mol. The van der Waals surface area contributed by atoms with Crippen molar-refractivity contribution in [3.63, 3.8) is 0 Å². The molecule has 3 aromatic rings. The quantitative estimate of drug-likeness (QED) is 0.673. The zero-order valence-electron chi connectivity index (χ0n) is 12.3. The first-order valence-corrected chi connectivity index (χ1v) is 8.68. The number of pyridine rings is 1. The first-order valence-electron chi connectivity index (χ1n) is 6.61. The van der Waals surface area contributed by atoms with Gasteiger partial charge in [-0.3, -0.25) is 4.79 Å². The predicted octanol–water partition coefficient (Wildman–Crippen LogP) is 4.33. The van der Waals surface area contributed by atoms with Gasteiger partial charge in [-0.15, -0.1) is 11.3 Å². The second kappa shape index (κ2) is 6.61. The Morgan fingerprint density at radius 2 is 2.09 bits per heavy atom. The van der Waals surface area contributed by atoms with Crippen LogP contribution in [-0.4, -0.2) is 20.9 Å². The number of aromatic nitrogens is 3. The van der Waals surface area contributed by atoms with Crippen molar-refractivity contribution in [2.75, 3.05) is 10.6 Å². The minimum atomic E-state index is -0.138. The normalized spacial score (nSPS) is 10.6. The highest BCUT2D eigenvalue weighted by molar-refractivity contribution is 7.20. The SMILES string of the molecule is CC(=O)Nc1nc(C)c(-c2csc(Nc3ccc(Cl)nc3)n2)s1. The number of nitrogens with zero attached hydrogens (tertiary/aromatic N) is 3. The number of anilines is 3. The number of thiazole rings is 2. The third-order valence-corrected chi connectivity index (χ3v) is 4.87. The molecule has 0 aliphatic heterocycles. The molecule has 0 saturated heterocycles. The van der Waals surface area contributed by atoms with Gasteiger partial charge in [-0.1, -0.05) is 22.9 Å². The summed E-state index contributed by atoms with van der Waals surface area (Å²) in [4.78, 5) is 25.0. The van der Waals surface area contributed by atoms with Crippen LogP contribution in [0, 0.1) is 6.92 Å². The summed E-state index contributed by atoms with van der Waals surface area (Å²) in [5.74, 6) is -0.138. The van der Waals surface area contributed by atoms with Gasteiger partial charge >= 0.3 is 0 Å². The molecule has 1 amide bonds. The fourth-order valence-electron chi connectivity index (χ4n) is 1.85. The average molecular weight is 366 g/mol. The van der Waals surface area contributed by atoms with Crippen molar-refractivity contribution >= 4 is 56.1 Å². The summed E-state index contributed by atoms with van der Waals surface area (Å²) in [6, 6.07) is 3.55. The van der Waals surface area contributed by atoms with E-state index in [0.717, 1.165) is 27.1 Å². The number of amides is 1. The molecule has 3 rings (SSSR count). The van der Waals surface area contributed by atoms with E-state index in [1.165, 1.54) is 29.6 Å². The van der Waals surface area contributed by atoms with E-state index in [1.54, 1.807) is 12.3 Å². The van der Waals surface area contributed by atoms with Gasteiger partial charge in [0.15, 0.2) is 10.3 Å². The number of hydrogen-bond acceptors (Lipinski definition) is 7. The van der Waals surface area contributed by atoms with Gasteiger partial charge < -0.3 is 10.6 Å². The van der Waals surface area contributed by atoms with Crippen LogP contribution in [0.1, 0.15) is 12.6 Å². The Labute approximate surface area is 145 Å². The zero-order chi connectivity index (χ0) is 16.4. The molecule has 0 unspecified atom stereocenters. The smallest absolute Gasteiger partial charge is 0.223 e. The number of halogens is 1. The lowest BCUT2D eigenvalue weighted by Gasteiger charge is -2.01. The fraction of sp³-hybridized carbons (Fsp3) is 0.143. The maximum atomic E-state index is 11.1. The molecule has 0 aliphatic carbocycles. The Balaban J connectivity index is 1.80. The topological polar surface area (TPSA) is 79.8 Å². The van der Waals surface area contributed by atoms with E-state index in [4.69, 9.17) is 11.6 Å². The monoisotopic (exact) mass is 365 g/mol. The summed E-state index contributed by atoms with van der Waals surface area (Å²) in [5, 5.41) is 9.60. The highest BCUT2D eigenvalue weighted by Gasteiger charge is 2.14. The van der Waals surface area contributed by atoms with Crippen molar-refractivity contribution < 1.29 is 4.79 Å². The van der Waals surface area contributed by atoms with E-state index >= 15 is 0 Å². The molecule has 9 heteroatoms. The van der Waals surface area contributed by atoms with Gasteiger partial charge in [0.25, 0.3) is 0 Å². The molecule has 0 aliphatic rings. The molecule has 0 aromatic carbocycles. The first kappa shape index (κ1) is 15.9. The molecule has 3 aromatic heterocycles. The first-order chi connectivity index (χ1) is 11.0. The molecule has 0 fully saturated rings. The van der Waals surface area contributed by atoms with Crippen molar-refractivity contribution in [3.8, 4) is 10.6 Å². The van der Waals surface area contributed by atoms with Crippen LogP contribution in [0.25, 0.3) is 10.6 Å². The number of rotatable bonds is 4. The molecule has 0 atom stereocenters. The van der Waals surface area contributed by atoms with Crippen LogP contribution in [0.2, 0.25) is 5.15 Å². The van der Waals surface area contributed by atoms with E-state index in [9.17, 15) is 4.79 Å². The molecule has 0 spiro atoms. The predicted molar refractivity (Wildman–Crippen MR) is 94.8 cm³/mol. The van der Waals surface area contributed by atoms with Gasteiger partial charge in [0.2, 0.25) is 5.91 Å². The summed E-state index contributed by atoms with van der Waals surface area (Å²) in [5.41, 5.74) is 2.48. The number of carbonyl (C=O) groups excluding carboxylic acids is 1. The van der Waals surface area contributed by atoms with Gasteiger partial charge in [-0.25, -0.2) is 15.0 Å². The van der Waals surface area contributed by atoms with Crippen molar-refractivity contribution in [1.29, 1.82) is 0 Å². The fourth-order valence-corrected chi connectivity index (χ4v) is 3.73.